The molecule has 0 aliphatic carbocycles. The zero-order valence-electron chi connectivity index (χ0n) is 14.2. The number of nitro groups is 1. The lowest BCUT2D eigenvalue weighted by Gasteiger charge is -2.23. The van der Waals surface area contributed by atoms with E-state index in [9.17, 15) is 19.7 Å². The lowest BCUT2D eigenvalue weighted by molar-refractivity contribution is -0.384. The van der Waals surface area contributed by atoms with E-state index in [2.05, 4.69) is 10.1 Å². The van der Waals surface area contributed by atoms with Gasteiger partial charge < -0.3 is 14.8 Å². The van der Waals surface area contributed by atoms with Crippen molar-refractivity contribution >= 4 is 17.7 Å². The van der Waals surface area contributed by atoms with Crippen molar-refractivity contribution < 1.29 is 24.0 Å². The fourth-order valence-electron chi connectivity index (χ4n) is 2.01. The summed E-state index contributed by atoms with van der Waals surface area (Å²) in [5, 5.41) is 13.4. The van der Waals surface area contributed by atoms with Gasteiger partial charge in [-0.3, -0.25) is 14.9 Å². The van der Waals surface area contributed by atoms with Crippen LogP contribution in [-0.2, 0) is 20.7 Å². The van der Waals surface area contributed by atoms with E-state index in [1.165, 1.54) is 19.2 Å². The van der Waals surface area contributed by atoms with Crippen molar-refractivity contribution in [2.24, 2.45) is 0 Å². The third kappa shape index (κ3) is 7.08. The van der Waals surface area contributed by atoms with E-state index < -0.39 is 28.6 Å². The number of nitro benzene ring substituents is 1. The Morgan fingerprint density at radius 1 is 1.33 bits per heavy atom. The number of hydrogen-bond acceptors (Lipinski definition) is 6. The number of esters is 1. The van der Waals surface area contributed by atoms with Crippen molar-refractivity contribution in [2.45, 2.75) is 45.3 Å². The third-order valence-corrected chi connectivity index (χ3v) is 2.97. The van der Waals surface area contributed by atoms with Gasteiger partial charge in [0.1, 0.15) is 5.60 Å². The highest BCUT2D eigenvalue weighted by Crippen LogP contribution is 2.16. The van der Waals surface area contributed by atoms with Crippen LogP contribution in [0.25, 0.3) is 0 Å². The molecule has 0 saturated heterocycles. The van der Waals surface area contributed by atoms with E-state index in [0.29, 0.717) is 5.56 Å². The smallest absolute Gasteiger partial charge is 0.407 e. The van der Waals surface area contributed by atoms with Crippen LogP contribution in [0.15, 0.2) is 24.3 Å². The largest absolute Gasteiger partial charge is 0.469 e. The molecule has 0 saturated carbocycles. The van der Waals surface area contributed by atoms with Crippen LogP contribution in [-0.4, -0.2) is 35.7 Å². The number of nitrogens with one attached hydrogen (secondary N) is 1. The van der Waals surface area contributed by atoms with E-state index in [1.807, 2.05) is 0 Å². The number of alkyl carbamates (subject to hydrolysis) is 1. The maximum absolute atomic E-state index is 11.9. The van der Waals surface area contributed by atoms with Crippen molar-refractivity contribution in [1.29, 1.82) is 0 Å². The number of rotatable bonds is 6. The molecule has 1 N–H and O–H groups in total. The molecule has 0 aliphatic heterocycles. The van der Waals surface area contributed by atoms with Gasteiger partial charge in [-0.25, -0.2) is 4.79 Å². The maximum atomic E-state index is 11.9. The van der Waals surface area contributed by atoms with E-state index in [0.717, 1.165) is 0 Å². The summed E-state index contributed by atoms with van der Waals surface area (Å²) in [6.07, 6.45) is -0.504. The minimum Gasteiger partial charge on any atom is -0.469 e. The molecule has 1 rings (SSSR count). The highest BCUT2D eigenvalue weighted by Gasteiger charge is 2.22. The van der Waals surface area contributed by atoms with Crippen molar-refractivity contribution in [3.63, 3.8) is 0 Å². The normalized spacial score (nSPS) is 12.2. The third-order valence-electron chi connectivity index (χ3n) is 2.97. The van der Waals surface area contributed by atoms with Gasteiger partial charge >= 0.3 is 12.1 Å². The fourth-order valence-corrected chi connectivity index (χ4v) is 2.01. The second-order valence-electron chi connectivity index (χ2n) is 6.25. The zero-order chi connectivity index (χ0) is 18.3. The summed E-state index contributed by atoms with van der Waals surface area (Å²) < 4.78 is 9.80. The molecular weight excluding hydrogens is 316 g/mol. The summed E-state index contributed by atoms with van der Waals surface area (Å²) in [5.41, 5.74) is -0.110. The molecule has 8 nitrogen and oxygen atoms in total. The Kier molecular flexibility index (Phi) is 6.69. The van der Waals surface area contributed by atoms with Gasteiger partial charge in [0.2, 0.25) is 0 Å². The van der Waals surface area contributed by atoms with E-state index >= 15 is 0 Å². The molecule has 24 heavy (non-hydrogen) atoms. The van der Waals surface area contributed by atoms with Crippen molar-refractivity contribution in [1.82, 2.24) is 5.32 Å². The quantitative estimate of drug-likeness (QED) is 0.485. The average molecular weight is 338 g/mol. The number of amides is 1. The number of benzene rings is 1. The van der Waals surface area contributed by atoms with Crippen molar-refractivity contribution in [2.75, 3.05) is 7.11 Å². The molecular formula is C16H22N2O6. The standard InChI is InChI=1S/C16H22N2O6/c1-16(2,3)24-15(20)17-12(10-14(19)23-4)8-11-6-5-7-13(9-11)18(21)22/h5-7,9,12H,8,10H2,1-4H3,(H,17,20)/t12-/m1/s1. The van der Waals surface area contributed by atoms with Crippen LogP contribution in [0.5, 0.6) is 0 Å². The summed E-state index contributed by atoms with van der Waals surface area (Å²) in [5.74, 6) is -0.499. The summed E-state index contributed by atoms with van der Waals surface area (Å²) in [6, 6.07) is 5.42. The second-order valence-corrected chi connectivity index (χ2v) is 6.25. The Morgan fingerprint density at radius 3 is 2.54 bits per heavy atom. The summed E-state index contributed by atoms with van der Waals surface area (Å²) in [6.45, 7) is 5.17. The van der Waals surface area contributed by atoms with Gasteiger partial charge in [0.15, 0.2) is 0 Å². The molecule has 0 heterocycles. The monoisotopic (exact) mass is 338 g/mol. The van der Waals surface area contributed by atoms with Crippen LogP contribution in [0.2, 0.25) is 0 Å². The molecule has 0 bridgehead atoms. The van der Waals surface area contributed by atoms with Gasteiger partial charge in [-0.05, 0) is 32.8 Å². The Morgan fingerprint density at radius 2 is 2.00 bits per heavy atom. The molecule has 8 heteroatoms. The van der Waals surface area contributed by atoms with Gasteiger partial charge in [-0.2, -0.15) is 0 Å². The number of carbonyl (C=O) groups is 2. The highest BCUT2D eigenvalue weighted by molar-refractivity contribution is 5.73. The Balaban J connectivity index is 2.85. The van der Waals surface area contributed by atoms with E-state index in [1.54, 1.807) is 32.9 Å². The molecule has 1 aromatic carbocycles. The van der Waals surface area contributed by atoms with Crippen LogP contribution in [0.1, 0.15) is 32.8 Å². The predicted octanol–water partition coefficient (Wildman–Crippen LogP) is 2.59. The first-order valence-corrected chi connectivity index (χ1v) is 7.40. The first-order valence-electron chi connectivity index (χ1n) is 7.40. The molecule has 0 radical (unpaired) electrons. The number of hydrogen-bond donors (Lipinski definition) is 1. The lowest BCUT2D eigenvalue weighted by atomic mass is 10.0. The minimum absolute atomic E-state index is 0.0541. The van der Waals surface area contributed by atoms with Crippen LogP contribution in [0.4, 0.5) is 10.5 Å². The topological polar surface area (TPSA) is 108 Å². The van der Waals surface area contributed by atoms with Crippen molar-refractivity contribution in [3.05, 3.63) is 39.9 Å². The highest BCUT2D eigenvalue weighted by atomic mass is 16.6. The number of ether oxygens (including phenoxy) is 2. The molecule has 132 valence electrons. The Labute approximate surface area is 140 Å². The number of nitrogens with zero attached hydrogens (tertiary/aromatic N) is 1. The molecule has 1 atom stereocenters. The summed E-state index contributed by atoms with van der Waals surface area (Å²) in [4.78, 5) is 33.8. The predicted molar refractivity (Wildman–Crippen MR) is 86.6 cm³/mol. The Hall–Kier alpha value is -2.64. The van der Waals surface area contributed by atoms with Gasteiger partial charge in [0, 0.05) is 18.2 Å². The molecule has 0 unspecified atom stereocenters. The average Bonchev–Trinajstić information content (AvgIpc) is 2.45. The lowest BCUT2D eigenvalue weighted by Crippen LogP contribution is -2.41. The van der Waals surface area contributed by atoms with Gasteiger partial charge in [0.25, 0.3) is 5.69 Å². The van der Waals surface area contributed by atoms with Gasteiger partial charge in [-0.1, -0.05) is 12.1 Å². The molecule has 0 fully saturated rings. The first kappa shape index (κ1) is 19.4. The van der Waals surface area contributed by atoms with Crippen LogP contribution >= 0.6 is 0 Å². The minimum atomic E-state index is -0.675. The van der Waals surface area contributed by atoms with Gasteiger partial charge in [-0.15, -0.1) is 0 Å². The molecule has 1 amide bonds. The molecule has 0 aliphatic rings. The molecule has 0 spiro atoms. The van der Waals surface area contributed by atoms with Crippen LogP contribution < -0.4 is 5.32 Å². The molecule has 1 aromatic rings. The number of methoxy groups -OCH3 is 1. The second kappa shape index (κ2) is 8.28. The Bertz CT molecular complexity index is 609. The SMILES string of the molecule is COC(=O)C[C@@H](Cc1cccc([N+](=O)[O-])c1)NC(=O)OC(C)(C)C. The molecule has 0 aromatic heterocycles. The van der Waals surface area contributed by atoms with E-state index in [-0.39, 0.29) is 18.5 Å². The zero-order valence-corrected chi connectivity index (χ0v) is 14.2. The number of carbonyl (C=O) groups excluding carboxylic acids is 2. The first-order chi connectivity index (χ1) is 11.1. The summed E-state index contributed by atoms with van der Waals surface area (Å²) in [7, 11) is 1.25. The van der Waals surface area contributed by atoms with Crippen LogP contribution in [0.3, 0.4) is 0 Å². The van der Waals surface area contributed by atoms with Crippen molar-refractivity contribution in [3.8, 4) is 0 Å². The fraction of sp³-hybridized carbons (Fsp3) is 0.500. The maximum Gasteiger partial charge on any atom is 0.407 e. The number of non-ortho nitro benzene ring substituents is 1. The summed E-state index contributed by atoms with van der Waals surface area (Å²) >= 11 is 0. The van der Waals surface area contributed by atoms with Gasteiger partial charge in [0.05, 0.1) is 18.5 Å². The van der Waals surface area contributed by atoms with E-state index in [4.69, 9.17) is 4.74 Å². The van der Waals surface area contributed by atoms with Crippen LogP contribution in [0, 0.1) is 10.1 Å².